The summed E-state index contributed by atoms with van der Waals surface area (Å²) in [6.45, 7) is 9.82. The number of piperidine rings is 1. The van der Waals surface area contributed by atoms with Gasteiger partial charge in [-0.3, -0.25) is 28.6 Å². The number of nitrogens with one attached hydrogen (secondary N) is 2. The maximum Gasteiger partial charge on any atom is 0.281 e. The number of aliphatic hydroxyl groups is 1. The zero-order valence-corrected chi connectivity index (χ0v) is 28.7. The van der Waals surface area contributed by atoms with E-state index in [2.05, 4.69) is 46.6 Å². The Hall–Kier alpha value is -3.04. The summed E-state index contributed by atoms with van der Waals surface area (Å²) in [6.07, 6.45) is 4.94. The number of ether oxygens (including phenoxy) is 1. The Kier molecular flexibility index (Phi) is 8.52. The monoisotopic (exact) mass is 673 g/mol. The van der Waals surface area contributed by atoms with Crippen LogP contribution in [0.1, 0.15) is 70.9 Å². The fourth-order valence-corrected chi connectivity index (χ4v) is 8.50. The summed E-state index contributed by atoms with van der Waals surface area (Å²) in [4.78, 5) is 50.6. The van der Waals surface area contributed by atoms with E-state index in [9.17, 15) is 27.9 Å². The van der Waals surface area contributed by atoms with Gasteiger partial charge < -0.3 is 25.2 Å². The highest BCUT2D eigenvalue weighted by Gasteiger charge is 2.72. The van der Waals surface area contributed by atoms with Crippen LogP contribution in [0, 0.1) is 17.8 Å². The number of carbonyl (C=O) groups is 3. The van der Waals surface area contributed by atoms with Gasteiger partial charge in [0.25, 0.3) is 21.9 Å². The lowest BCUT2D eigenvalue weighted by Crippen LogP contribution is -2.72. The van der Waals surface area contributed by atoms with Gasteiger partial charge in [-0.25, -0.2) is 0 Å². The van der Waals surface area contributed by atoms with Gasteiger partial charge in [0, 0.05) is 48.1 Å². The number of H-pyrrole nitrogens is 1. The average molecular weight is 674 g/mol. The molecule has 5 heterocycles. The van der Waals surface area contributed by atoms with Gasteiger partial charge in [-0.2, -0.15) is 8.42 Å². The highest BCUT2D eigenvalue weighted by Crippen LogP contribution is 2.49. The summed E-state index contributed by atoms with van der Waals surface area (Å²) < 4.78 is 33.3. The predicted molar refractivity (Wildman–Crippen MR) is 173 cm³/mol. The molecule has 4 fully saturated rings. The minimum atomic E-state index is -3.66. The summed E-state index contributed by atoms with van der Waals surface area (Å²) in [5.74, 6) is -4.07. The molecule has 0 radical (unpaired) electrons. The molecule has 0 unspecified atom stereocenters. The fraction of sp³-hybridized carbons (Fsp3) is 0.667. The second-order valence-corrected chi connectivity index (χ2v) is 16.1. The minimum Gasteiger partial charge on any atom is -0.361 e. The third-order valence-corrected chi connectivity index (χ3v) is 11.6. The van der Waals surface area contributed by atoms with Gasteiger partial charge in [0.1, 0.15) is 12.1 Å². The van der Waals surface area contributed by atoms with Crippen LogP contribution >= 0.6 is 0 Å². The Morgan fingerprint density at radius 2 is 1.91 bits per heavy atom. The molecule has 13 nitrogen and oxygen atoms in total. The molecule has 7 atom stereocenters. The molecule has 14 heteroatoms. The molecule has 3 amide bonds. The van der Waals surface area contributed by atoms with Gasteiger partial charge in [0.15, 0.2) is 0 Å². The van der Waals surface area contributed by atoms with Crippen LogP contribution in [0.25, 0.3) is 10.9 Å². The summed E-state index contributed by atoms with van der Waals surface area (Å²) in [6, 6.07) is 5.10. The minimum absolute atomic E-state index is 0.162. The Morgan fingerprint density at radius 3 is 2.55 bits per heavy atom. The number of hydrogen-bond donors (Lipinski definition) is 4. The van der Waals surface area contributed by atoms with Gasteiger partial charge in [-0.15, -0.1) is 0 Å². The van der Waals surface area contributed by atoms with E-state index < -0.39 is 45.7 Å². The van der Waals surface area contributed by atoms with Crippen molar-refractivity contribution < 1.29 is 37.2 Å². The van der Waals surface area contributed by atoms with E-state index in [1.807, 2.05) is 27.7 Å². The van der Waals surface area contributed by atoms with E-state index in [-0.39, 0.29) is 41.4 Å². The van der Waals surface area contributed by atoms with Crippen molar-refractivity contribution in [1.29, 1.82) is 0 Å². The van der Waals surface area contributed by atoms with E-state index in [0.717, 1.165) is 18.4 Å². The number of rotatable bonds is 5. The summed E-state index contributed by atoms with van der Waals surface area (Å²) in [7, 11) is -1.59. The number of fused-ring (bicyclic) bond motifs is 5. The first-order chi connectivity index (χ1) is 22.0. The maximum absolute atomic E-state index is 14.3. The second-order valence-electron chi connectivity index (χ2n) is 14.4. The molecule has 0 bridgehead atoms. The number of aromatic nitrogens is 1. The van der Waals surface area contributed by atoms with Crippen molar-refractivity contribution in [2.24, 2.45) is 17.8 Å². The fourth-order valence-electron chi connectivity index (χ4n) is 8.50. The highest BCUT2D eigenvalue weighted by molar-refractivity contribution is 7.85. The van der Waals surface area contributed by atoms with E-state index in [4.69, 9.17) is 9.29 Å². The molecule has 47 heavy (non-hydrogen) atoms. The van der Waals surface area contributed by atoms with Crippen LogP contribution in [0.2, 0.25) is 0 Å². The Labute approximate surface area is 275 Å². The number of likely N-dealkylation sites (N-methyl/N-ethyl adjacent to an activating group) is 1. The molecular weight excluding hydrogens is 626 g/mol. The molecule has 0 spiro atoms. The second kappa shape index (κ2) is 11.8. The molecular formula is C33H47N5O8S. The topological polar surface area (TPSA) is 173 Å². The molecule has 4 N–H and O–H groups in total. The number of piperazine rings is 1. The number of hydrogen-bond acceptors (Lipinski definition) is 8. The van der Waals surface area contributed by atoms with Gasteiger partial charge in [0.2, 0.25) is 17.5 Å². The normalized spacial score (nSPS) is 33.5. The van der Waals surface area contributed by atoms with Gasteiger partial charge >= 0.3 is 0 Å². The molecule has 5 aliphatic rings. The van der Waals surface area contributed by atoms with Gasteiger partial charge in [-0.05, 0) is 62.8 Å². The van der Waals surface area contributed by atoms with Crippen molar-refractivity contribution in [1.82, 2.24) is 25.0 Å². The molecule has 1 aliphatic carbocycles. The summed E-state index contributed by atoms with van der Waals surface area (Å²) in [5, 5.41) is 16.4. The van der Waals surface area contributed by atoms with Crippen LogP contribution in [0.15, 0.2) is 24.4 Å². The summed E-state index contributed by atoms with van der Waals surface area (Å²) in [5.41, 5.74) is 1.93. The Morgan fingerprint density at radius 1 is 1.21 bits per heavy atom. The largest absolute Gasteiger partial charge is 0.361 e. The third kappa shape index (κ3) is 5.36. The number of benzene rings is 1. The Balaban J connectivity index is 0.000000591. The van der Waals surface area contributed by atoms with Crippen LogP contribution in [0.4, 0.5) is 0 Å². The van der Waals surface area contributed by atoms with E-state index in [1.54, 1.807) is 4.90 Å². The average Bonchev–Trinajstić information content (AvgIpc) is 3.72. The van der Waals surface area contributed by atoms with Crippen molar-refractivity contribution in [3.05, 3.63) is 35.5 Å². The number of carbonyl (C=O) groups excluding carboxylic acids is 3. The van der Waals surface area contributed by atoms with Crippen LogP contribution in [0.3, 0.4) is 0 Å². The van der Waals surface area contributed by atoms with Crippen LogP contribution < -0.4 is 5.32 Å². The van der Waals surface area contributed by atoms with Crippen molar-refractivity contribution in [3.8, 4) is 0 Å². The zero-order chi connectivity index (χ0) is 34.2. The van der Waals surface area contributed by atoms with Crippen molar-refractivity contribution in [3.63, 3.8) is 0 Å². The number of aromatic amines is 1. The smallest absolute Gasteiger partial charge is 0.281 e. The molecule has 7 rings (SSSR count). The standard InChI is InChI=1S/C31H41N5O5.C2H6O3S/c1-16(2)26-28(38)35-11-7-10-24(35)31(40)36(26)29(39)30(41-31,17(3)4)33-27(37)19-12-21-20-8-6-9-22-25(20)18(14-32-22)13-23(21)34(5)15-19;1-2-6(3,4)5/h6,8-9,14,16-17,19,21,23-24,26,32,40H,7,10-13,15H2,1-5H3,(H,33,37);2H2,1H3,(H,3,4,5)/t19-,21-,23-,24+,26+,30-,31+;/m1./s1. The maximum atomic E-state index is 14.3. The van der Waals surface area contributed by atoms with Gasteiger partial charge in [0.05, 0.1) is 11.7 Å². The summed E-state index contributed by atoms with van der Waals surface area (Å²) >= 11 is 0. The van der Waals surface area contributed by atoms with Crippen LogP contribution in [0.5, 0.6) is 0 Å². The molecule has 1 aromatic carbocycles. The highest BCUT2D eigenvalue weighted by atomic mass is 32.2. The lowest BCUT2D eigenvalue weighted by atomic mass is 9.72. The zero-order valence-electron chi connectivity index (χ0n) is 27.9. The predicted octanol–water partition coefficient (Wildman–Crippen LogP) is 2.02. The number of nitrogens with zero attached hydrogens (tertiary/aromatic N) is 3. The molecule has 2 aromatic rings. The molecule has 0 saturated carbocycles. The van der Waals surface area contributed by atoms with Crippen LogP contribution in [-0.2, 0) is 35.7 Å². The van der Waals surface area contributed by atoms with Crippen LogP contribution in [-0.4, -0.2) is 111 Å². The Bertz CT molecular complexity index is 1690. The van der Waals surface area contributed by atoms with Crippen molar-refractivity contribution in [2.45, 2.75) is 96.0 Å². The van der Waals surface area contributed by atoms with E-state index in [1.165, 1.54) is 28.3 Å². The van der Waals surface area contributed by atoms with E-state index >= 15 is 0 Å². The van der Waals surface area contributed by atoms with Crippen molar-refractivity contribution >= 4 is 38.7 Å². The first-order valence-corrected chi connectivity index (χ1v) is 18.3. The molecule has 1 aromatic heterocycles. The lowest BCUT2D eigenvalue weighted by molar-refractivity contribution is -0.323. The molecule has 4 saturated heterocycles. The quantitative estimate of drug-likeness (QED) is 0.347. The number of likely N-dealkylation sites (tertiary alicyclic amines) is 1. The first-order valence-electron chi connectivity index (χ1n) is 16.7. The third-order valence-electron chi connectivity index (χ3n) is 10.9. The van der Waals surface area contributed by atoms with Crippen molar-refractivity contribution in [2.75, 3.05) is 25.9 Å². The molecule has 258 valence electrons. The van der Waals surface area contributed by atoms with Gasteiger partial charge in [-0.1, -0.05) is 39.8 Å². The SMILES string of the molecule is CC(C)[C@H]1C(=O)N2CCC[C@H]2[C@]2(O)O[C@](NC(=O)[C@@H]3C[C@@H]4c5cccc6[nH]cc(c56)C[C@H]4N(C)C3)(C(C)C)C(=O)N12.CCS(=O)(=O)O. The number of amides is 3. The lowest BCUT2D eigenvalue weighted by Gasteiger charge is -2.49. The van der Waals surface area contributed by atoms with E-state index in [0.29, 0.717) is 25.9 Å². The first kappa shape index (κ1) is 33.8. The molecule has 4 aliphatic heterocycles.